The number of nitro benzene ring substituents is 1. The lowest BCUT2D eigenvalue weighted by Gasteiger charge is -2.38. The second-order valence-electron chi connectivity index (χ2n) is 8.78. The summed E-state index contributed by atoms with van der Waals surface area (Å²) in [5.74, 6) is -0.440. The number of benzene rings is 2. The van der Waals surface area contributed by atoms with E-state index in [0.29, 0.717) is 12.1 Å². The zero-order valence-electron chi connectivity index (χ0n) is 19.4. The van der Waals surface area contributed by atoms with Gasteiger partial charge in [0.15, 0.2) is 0 Å². The second kappa shape index (κ2) is 9.77. The van der Waals surface area contributed by atoms with Gasteiger partial charge in [0.2, 0.25) is 5.91 Å². The number of hydrogen-bond acceptors (Lipinski definition) is 5. The fourth-order valence-corrected chi connectivity index (χ4v) is 5.21. The highest BCUT2D eigenvalue weighted by molar-refractivity contribution is 7.10. The number of carbonyl (C=O) groups excluding carboxylic acids is 2. The van der Waals surface area contributed by atoms with E-state index in [1.54, 1.807) is 11.3 Å². The number of hydrogen-bond donors (Lipinski definition) is 0. The lowest BCUT2D eigenvalue weighted by Crippen LogP contribution is -2.48. The molecule has 2 aromatic carbocycles. The Bertz CT molecular complexity index is 1200. The van der Waals surface area contributed by atoms with Crippen LogP contribution in [0, 0.1) is 17.0 Å². The molecule has 1 atom stereocenters. The van der Waals surface area contributed by atoms with Crippen molar-refractivity contribution in [3.8, 4) is 0 Å². The summed E-state index contributed by atoms with van der Waals surface area (Å²) in [5, 5.41) is 13.0. The van der Waals surface area contributed by atoms with Crippen LogP contribution >= 0.6 is 11.3 Å². The smallest absolute Gasteiger partial charge is 0.269 e. The molecule has 0 N–H and O–H groups in total. The SMILES string of the molecule is Cc1ccc(C2c3ccsc3CCN2C(=O)CN(C(=O)c2ccc([N+](=O)[O-])cc2)C(C)C)cc1. The van der Waals surface area contributed by atoms with Crippen LogP contribution in [0.5, 0.6) is 0 Å². The van der Waals surface area contributed by atoms with Crippen LogP contribution in [0.2, 0.25) is 0 Å². The molecule has 34 heavy (non-hydrogen) atoms. The van der Waals surface area contributed by atoms with Gasteiger partial charge in [0.1, 0.15) is 6.54 Å². The second-order valence-corrected chi connectivity index (χ2v) is 9.78. The Balaban J connectivity index is 1.60. The highest BCUT2D eigenvalue weighted by atomic mass is 32.1. The quantitative estimate of drug-likeness (QED) is 0.370. The van der Waals surface area contributed by atoms with Gasteiger partial charge in [-0.3, -0.25) is 19.7 Å². The molecule has 1 aliphatic rings. The highest BCUT2D eigenvalue weighted by Gasteiger charge is 2.34. The van der Waals surface area contributed by atoms with Crippen LogP contribution in [0.4, 0.5) is 5.69 Å². The van der Waals surface area contributed by atoms with Crippen LogP contribution in [0.15, 0.2) is 60.0 Å². The molecule has 0 saturated carbocycles. The Morgan fingerprint density at radius 2 is 1.79 bits per heavy atom. The normalized spacial score (nSPS) is 15.2. The van der Waals surface area contributed by atoms with E-state index in [-0.39, 0.29) is 36.1 Å². The fraction of sp³-hybridized carbons (Fsp3) is 0.308. The van der Waals surface area contributed by atoms with Crippen molar-refractivity contribution in [1.82, 2.24) is 9.80 Å². The van der Waals surface area contributed by atoms with Gasteiger partial charge in [-0.1, -0.05) is 29.8 Å². The minimum atomic E-state index is -0.502. The van der Waals surface area contributed by atoms with Gasteiger partial charge in [-0.2, -0.15) is 0 Å². The summed E-state index contributed by atoms with van der Waals surface area (Å²) in [5.41, 5.74) is 3.59. The summed E-state index contributed by atoms with van der Waals surface area (Å²) in [4.78, 5) is 42.0. The van der Waals surface area contributed by atoms with Crippen LogP contribution in [0.25, 0.3) is 0 Å². The van der Waals surface area contributed by atoms with E-state index < -0.39 is 4.92 Å². The van der Waals surface area contributed by atoms with Crippen LogP contribution in [0.1, 0.15) is 51.8 Å². The first kappa shape index (κ1) is 23.6. The molecule has 0 spiro atoms. The lowest BCUT2D eigenvalue weighted by molar-refractivity contribution is -0.384. The maximum absolute atomic E-state index is 13.6. The monoisotopic (exact) mass is 477 g/mol. The molecule has 0 aliphatic carbocycles. The number of nitrogens with zero attached hydrogens (tertiary/aromatic N) is 3. The summed E-state index contributed by atoms with van der Waals surface area (Å²) in [6, 6.07) is 15.4. The standard InChI is InChI=1S/C26H27N3O4S/c1-17(2)28(26(31)20-8-10-21(11-9-20)29(32)33)16-24(30)27-14-12-23-22(13-15-34-23)25(27)19-6-4-18(3)5-7-19/h4-11,13,15,17,25H,12,14,16H2,1-3H3. The molecule has 2 heterocycles. The van der Waals surface area contributed by atoms with Crippen molar-refractivity contribution in [3.05, 3.63) is 97.2 Å². The molecule has 1 unspecified atom stereocenters. The third kappa shape index (κ3) is 4.72. The topological polar surface area (TPSA) is 83.8 Å². The van der Waals surface area contributed by atoms with E-state index in [9.17, 15) is 19.7 Å². The first-order chi connectivity index (χ1) is 16.3. The first-order valence-electron chi connectivity index (χ1n) is 11.2. The molecule has 176 valence electrons. The number of thiophene rings is 1. The van der Waals surface area contributed by atoms with E-state index in [4.69, 9.17) is 0 Å². The average molecular weight is 478 g/mol. The Morgan fingerprint density at radius 1 is 1.12 bits per heavy atom. The van der Waals surface area contributed by atoms with Crippen LogP contribution in [0.3, 0.4) is 0 Å². The molecule has 0 bridgehead atoms. The van der Waals surface area contributed by atoms with E-state index in [0.717, 1.165) is 23.1 Å². The number of fused-ring (bicyclic) bond motifs is 1. The van der Waals surface area contributed by atoms with Gasteiger partial charge in [-0.05, 0) is 61.9 Å². The minimum absolute atomic E-state index is 0.0602. The van der Waals surface area contributed by atoms with E-state index in [2.05, 4.69) is 35.7 Å². The number of aryl methyl sites for hydroxylation is 1. The van der Waals surface area contributed by atoms with Gasteiger partial charge in [-0.15, -0.1) is 11.3 Å². The van der Waals surface area contributed by atoms with Gasteiger partial charge in [-0.25, -0.2) is 0 Å². The van der Waals surface area contributed by atoms with E-state index >= 15 is 0 Å². The van der Waals surface area contributed by atoms with Gasteiger partial charge in [0.25, 0.3) is 11.6 Å². The molecule has 0 saturated heterocycles. The molecular formula is C26H27N3O4S. The Kier molecular flexibility index (Phi) is 6.79. The van der Waals surface area contributed by atoms with Crippen molar-refractivity contribution in [2.45, 2.75) is 39.3 Å². The third-order valence-electron chi connectivity index (χ3n) is 6.19. The summed E-state index contributed by atoms with van der Waals surface area (Å²) in [7, 11) is 0. The maximum atomic E-state index is 13.6. The van der Waals surface area contributed by atoms with Gasteiger partial charge in [0.05, 0.1) is 11.0 Å². The molecule has 0 radical (unpaired) electrons. The first-order valence-corrected chi connectivity index (χ1v) is 12.1. The molecular weight excluding hydrogens is 450 g/mol. The molecule has 2 amide bonds. The van der Waals surface area contributed by atoms with Crippen molar-refractivity contribution in [2.75, 3.05) is 13.1 Å². The number of rotatable bonds is 6. The Hall–Kier alpha value is -3.52. The number of nitro groups is 1. The zero-order chi connectivity index (χ0) is 24.4. The van der Waals surface area contributed by atoms with Crippen LogP contribution < -0.4 is 0 Å². The van der Waals surface area contributed by atoms with Crippen LogP contribution in [-0.2, 0) is 11.2 Å². The molecule has 1 aliphatic heterocycles. The number of carbonyl (C=O) groups is 2. The highest BCUT2D eigenvalue weighted by Crippen LogP contribution is 2.38. The molecule has 1 aromatic heterocycles. The Labute approximate surface area is 202 Å². The molecule has 8 heteroatoms. The molecule has 3 aromatic rings. The van der Waals surface area contributed by atoms with Gasteiger partial charge >= 0.3 is 0 Å². The Morgan fingerprint density at radius 3 is 2.41 bits per heavy atom. The summed E-state index contributed by atoms with van der Waals surface area (Å²) in [6.07, 6.45) is 0.791. The van der Waals surface area contributed by atoms with Crippen molar-refractivity contribution < 1.29 is 14.5 Å². The van der Waals surface area contributed by atoms with Gasteiger partial charge in [0, 0.05) is 35.2 Å². The van der Waals surface area contributed by atoms with E-state index in [1.165, 1.54) is 34.0 Å². The predicted molar refractivity (Wildman–Crippen MR) is 132 cm³/mol. The summed E-state index contributed by atoms with van der Waals surface area (Å²) in [6.45, 7) is 6.29. The fourth-order valence-electron chi connectivity index (χ4n) is 4.31. The zero-order valence-corrected chi connectivity index (χ0v) is 20.2. The van der Waals surface area contributed by atoms with Crippen molar-refractivity contribution in [1.29, 1.82) is 0 Å². The largest absolute Gasteiger partial charge is 0.330 e. The number of non-ortho nitro benzene ring substituents is 1. The van der Waals surface area contributed by atoms with Crippen molar-refractivity contribution in [2.24, 2.45) is 0 Å². The lowest BCUT2D eigenvalue weighted by atomic mass is 9.92. The van der Waals surface area contributed by atoms with E-state index in [1.807, 2.05) is 25.7 Å². The minimum Gasteiger partial charge on any atom is -0.330 e. The van der Waals surface area contributed by atoms with Crippen molar-refractivity contribution in [3.63, 3.8) is 0 Å². The average Bonchev–Trinajstić information content (AvgIpc) is 3.31. The maximum Gasteiger partial charge on any atom is 0.269 e. The molecule has 0 fully saturated rings. The molecule has 4 rings (SSSR count). The van der Waals surface area contributed by atoms with Crippen molar-refractivity contribution >= 4 is 28.8 Å². The summed E-state index contributed by atoms with van der Waals surface area (Å²) >= 11 is 1.71. The molecule has 7 nitrogen and oxygen atoms in total. The summed E-state index contributed by atoms with van der Waals surface area (Å²) < 4.78 is 0. The number of amides is 2. The van der Waals surface area contributed by atoms with Gasteiger partial charge < -0.3 is 9.80 Å². The van der Waals surface area contributed by atoms with Crippen LogP contribution in [-0.4, -0.2) is 45.7 Å². The predicted octanol–water partition coefficient (Wildman–Crippen LogP) is 4.99. The third-order valence-corrected chi connectivity index (χ3v) is 7.19.